The summed E-state index contributed by atoms with van der Waals surface area (Å²) in [5.41, 5.74) is 1.59. The third-order valence-corrected chi connectivity index (χ3v) is 3.82. The summed E-state index contributed by atoms with van der Waals surface area (Å²) < 4.78 is 9.13. The first-order valence-electron chi connectivity index (χ1n) is 5.12. The van der Waals surface area contributed by atoms with Crippen LogP contribution in [0.25, 0.3) is 0 Å². The van der Waals surface area contributed by atoms with E-state index in [2.05, 4.69) is 4.37 Å². The zero-order valence-electron chi connectivity index (χ0n) is 9.51. The van der Waals surface area contributed by atoms with Gasteiger partial charge in [-0.2, -0.15) is 4.37 Å². The minimum absolute atomic E-state index is 0.0835. The Morgan fingerprint density at radius 3 is 2.61 bits per heavy atom. The van der Waals surface area contributed by atoms with Gasteiger partial charge < -0.3 is 9.84 Å². The van der Waals surface area contributed by atoms with E-state index in [9.17, 15) is 4.79 Å². The molecule has 1 aromatic heterocycles. The zero-order valence-corrected chi connectivity index (χ0v) is 11.1. The smallest absolute Gasteiger partial charge is 0.349 e. The van der Waals surface area contributed by atoms with Gasteiger partial charge in [-0.05, 0) is 29.2 Å². The number of carbonyl (C=O) groups is 1. The van der Waals surface area contributed by atoms with Crippen molar-refractivity contribution in [2.45, 2.75) is 6.42 Å². The van der Waals surface area contributed by atoms with Crippen LogP contribution in [-0.2, 0) is 6.42 Å². The molecule has 18 heavy (non-hydrogen) atoms. The van der Waals surface area contributed by atoms with Crippen molar-refractivity contribution in [2.75, 3.05) is 7.11 Å². The second kappa shape index (κ2) is 5.37. The molecule has 4 nitrogen and oxygen atoms in total. The molecule has 0 fully saturated rings. The van der Waals surface area contributed by atoms with Gasteiger partial charge in [0, 0.05) is 6.42 Å². The first-order chi connectivity index (χ1) is 8.61. The SMILES string of the molecule is COc1ccc(Cc2nsc(C(=O)O)c2Cl)cc1. The van der Waals surface area contributed by atoms with E-state index in [1.807, 2.05) is 24.3 Å². The molecule has 6 heteroatoms. The van der Waals surface area contributed by atoms with Gasteiger partial charge >= 0.3 is 5.97 Å². The molecule has 0 aliphatic heterocycles. The fourth-order valence-corrected chi connectivity index (χ4v) is 2.47. The van der Waals surface area contributed by atoms with Gasteiger partial charge in [-0.25, -0.2) is 4.79 Å². The molecule has 0 bridgehead atoms. The van der Waals surface area contributed by atoms with Crippen LogP contribution in [0.5, 0.6) is 5.75 Å². The maximum absolute atomic E-state index is 10.8. The van der Waals surface area contributed by atoms with E-state index in [1.165, 1.54) is 0 Å². The van der Waals surface area contributed by atoms with Crippen LogP contribution in [0.1, 0.15) is 20.9 Å². The number of aromatic nitrogens is 1. The first-order valence-corrected chi connectivity index (χ1v) is 6.27. The van der Waals surface area contributed by atoms with Crippen molar-refractivity contribution in [1.29, 1.82) is 0 Å². The van der Waals surface area contributed by atoms with E-state index < -0.39 is 5.97 Å². The molecule has 0 aliphatic carbocycles. The molecule has 0 atom stereocenters. The number of hydrogen-bond acceptors (Lipinski definition) is 4. The van der Waals surface area contributed by atoms with Crippen molar-refractivity contribution in [3.05, 3.63) is 45.4 Å². The van der Waals surface area contributed by atoms with Crippen LogP contribution in [0.15, 0.2) is 24.3 Å². The lowest BCUT2D eigenvalue weighted by Crippen LogP contribution is -1.94. The topological polar surface area (TPSA) is 59.4 Å². The van der Waals surface area contributed by atoms with E-state index >= 15 is 0 Å². The average molecular weight is 284 g/mol. The molecule has 2 aromatic rings. The van der Waals surface area contributed by atoms with Gasteiger partial charge in [0.15, 0.2) is 4.88 Å². The van der Waals surface area contributed by atoms with E-state index in [-0.39, 0.29) is 9.90 Å². The van der Waals surface area contributed by atoms with Crippen LogP contribution in [0.2, 0.25) is 5.02 Å². The third-order valence-electron chi connectivity index (χ3n) is 2.42. The zero-order chi connectivity index (χ0) is 13.1. The van der Waals surface area contributed by atoms with Crippen LogP contribution in [0.4, 0.5) is 0 Å². The Bertz CT molecular complexity index is 565. The summed E-state index contributed by atoms with van der Waals surface area (Å²) in [6.07, 6.45) is 0.507. The molecule has 0 saturated carbocycles. The molecule has 0 amide bonds. The molecule has 1 N–H and O–H groups in total. The second-order valence-corrected chi connectivity index (χ2v) is 4.75. The number of aromatic carboxylic acids is 1. The van der Waals surface area contributed by atoms with Gasteiger partial charge in [0.05, 0.1) is 17.8 Å². The lowest BCUT2D eigenvalue weighted by Gasteiger charge is -2.02. The summed E-state index contributed by atoms with van der Waals surface area (Å²) in [6, 6.07) is 7.48. The molecule has 94 valence electrons. The fraction of sp³-hybridized carbons (Fsp3) is 0.167. The summed E-state index contributed by atoms with van der Waals surface area (Å²) in [7, 11) is 1.60. The standard InChI is InChI=1S/C12H10ClNO3S/c1-17-8-4-2-7(3-5-8)6-9-10(13)11(12(15)16)18-14-9/h2-5H,6H2,1H3,(H,15,16). The maximum atomic E-state index is 10.8. The van der Waals surface area contributed by atoms with Gasteiger partial charge in [-0.3, -0.25) is 0 Å². The second-order valence-electron chi connectivity index (χ2n) is 3.60. The van der Waals surface area contributed by atoms with E-state index in [4.69, 9.17) is 21.4 Å². The summed E-state index contributed by atoms with van der Waals surface area (Å²) in [5, 5.41) is 9.11. The predicted molar refractivity (Wildman–Crippen MR) is 69.9 cm³/mol. The highest BCUT2D eigenvalue weighted by Gasteiger charge is 2.17. The number of carboxylic acids is 1. The lowest BCUT2D eigenvalue weighted by molar-refractivity contribution is 0.0702. The normalized spacial score (nSPS) is 10.3. The van der Waals surface area contributed by atoms with Crippen molar-refractivity contribution in [1.82, 2.24) is 4.37 Å². The Kier molecular flexibility index (Phi) is 3.84. The minimum Gasteiger partial charge on any atom is -0.497 e. The summed E-state index contributed by atoms with van der Waals surface area (Å²) in [4.78, 5) is 10.9. The van der Waals surface area contributed by atoms with Crippen molar-refractivity contribution in [3.63, 3.8) is 0 Å². The molecule has 0 radical (unpaired) electrons. The minimum atomic E-state index is -1.04. The van der Waals surface area contributed by atoms with Crippen LogP contribution in [-0.4, -0.2) is 22.6 Å². The van der Waals surface area contributed by atoms with Gasteiger partial charge in [0.1, 0.15) is 5.75 Å². The van der Waals surface area contributed by atoms with Gasteiger partial charge in [-0.15, -0.1) is 0 Å². The highest BCUT2D eigenvalue weighted by atomic mass is 35.5. The predicted octanol–water partition coefficient (Wildman–Crippen LogP) is 3.09. The Labute approximate surface area is 113 Å². The van der Waals surface area contributed by atoms with Gasteiger partial charge in [0.25, 0.3) is 0 Å². The highest BCUT2D eigenvalue weighted by molar-refractivity contribution is 7.08. The highest BCUT2D eigenvalue weighted by Crippen LogP contribution is 2.27. The largest absolute Gasteiger partial charge is 0.497 e. The molecule has 2 rings (SSSR count). The van der Waals surface area contributed by atoms with E-state index in [0.29, 0.717) is 12.1 Å². The van der Waals surface area contributed by atoms with Gasteiger partial charge in [-0.1, -0.05) is 23.7 Å². The van der Waals surface area contributed by atoms with Gasteiger partial charge in [0.2, 0.25) is 0 Å². The van der Waals surface area contributed by atoms with Crippen LogP contribution < -0.4 is 4.74 Å². The molecule has 0 aliphatic rings. The number of carboxylic acid groups (broad SMARTS) is 1. The number of methoxy groups -OCH3 is 1. The van der Waals surface area contributed by atoms with Crippen LogP contribution in [0, 0.1) is 0 Å². The Morgan fingerprint density at radius 1 is 1.44 bits per heavy atom. The molecule has 0 saturated heterocycles. The van der Waals surface area contributed by atoms with Crippen molar-refractivity contribution in [2.24, 2.45) is 0 Å². The number of rotatable bonds is 4. The quantitative estimate of drug-likeness (QED) is 0.937. The van der Waals surface area contributed by atoms with Crippen molar-refractivity contribution >= 4 is 29.1 Å². The molecular formula is C12H10ClNO3S. The van der Waals surface area contributed by atoms with Crippen LogP contribution in [0.3, 0.4) is 0 Å². The fourth-order valence-electron chi connectivity index (χ4n) is 1.49. The summed E-state index contributed by atoms with van der Waals surface area (Å²) in [5.74, 6) is -0.271. The number of hydrogen-bond donors (Lipinski definition) is 1. The van der Waals surface area contributed by atoms with Crippen LogP contribution >= 0.6 is 23.1 Å². The number of ether oxygens (including phenoxy) is 1. The number of halogens is 1. The monoisotopic (exact) mass is 283 g/mol. The lowest BCUT2D eigenvalue weighted by atomic mass is 10.1. The molecule has 1 heterocycles. The summed E-state index contributed by atoms with van der Waals surface area (Å²) in [6.45, 7) is 0. The van der Waals surface area contributed by atoms with Crippen molar-refractivity contribution in [3.8, 4) is 5.75 Å². The van der Waals surface area contributed by atoms with E-state index in [1.54, 1.807) is 7.11 Å². The first kappa shape index (κ1) is 12.9. The maximum Gasteiger partial charge on any atom is 0.349 e. The molecule has 0 spiro atoms. The van der Waals surface area contributed by atoms with Crippen molar-refractivity contribution < 1.29 is 14.6 Å². The third kappa shape index (κ3) is 2.63. The number of benzene rings is 1. The number of nitrogens with zero attached hydrogens (tertiary/aromatic N) is 1. The molecule has 0 unspecified atom stereocenters. The Morgan fingerprint density at radius 2 is 2.11 bits per heavy atom. The Balaban J connectivity index is 2.20. The molecular weight excluding hydrogens is 274 g/mol. The van der Waals surface area contributed by atoms with E-state index in [0.717, 1.165) is 22.8 Å². The molecule has 1 aromatic carbocycles. The summed E-state index contributed by atoms with van der Waals surface area (Å²) >= 11 is 6.88. The average Bonchev–Trinajstić information content (AvgIpc) is 2.72. The Hall–Kier alpha value is -1.59.